The second kappa shape index (κ2) is 4.29. The summed E-state index contributed by atoms with van der Waals surface area (Å²) in [4.78, 5) is 7.90. The van der Waals surface area contributed by atoms with Gasteiger partial charge in [-0.3, -0.25) is 0 Å². The molecular weight excluding hydrogens is 214 g/mol. The standard InChI is InChI=1S/C12H15N5/c1-7-3-4-8(2)9(5-7)15-11-6-10(13)16-12(14)17-11/h3-6H,1-2H3,(H5,13,14,15,16,17). The minimum absolute atomic E-state index is 0.165. The molecule has 88 valence electrons. The fourth-order valence-corrected chi connectivity index (χ4v) is 1.56. The number of nitrogens with zero attached hydrogens (tertiary/aromatic N) is 2. The molecule has 0 saturated carbocycles. The van der Waals surface area contributed by atoms with Crippen molar-refractivity contribution in [2.75, 3.05) is 16.8 Å². The Hall–Kier alpha value is -2.30. The van der Waals surface area contributed by atoms with E-state index >= 15 is 0 Å². The van der Waals surface area contributed by atoms with Gasteiger partial charge in [0.05, 0.1) is 0 Å². The first-order chi connectivity index (χ1) is 8.04. The molecule has 0 aliphatic carbocycles. The third-order valence-corrected chi connectivity index (χ3v) is 2.42. The topological polar surface area (TPSA) is 89.8 Å². The second-order valence-electron chi connectivity index (χ2n) is 3.98. The van der Waals surface area contributed by atoms with Crippen LogP contribution in [0.15, 0.2) is 24.3 Å². The molecule has 0 bridgehead atoms. The third kappa shape index (κ3) is 2.63. The van der Waals surface area contributed by atoms with Crippen LogP contribution in [0.1, 0.15) is 11.1 Å². The highest BCUT2D eigenvalue weighted by Crippen LogP contribution is 2.21. The van der Waals surface area contributed by atoms with Gasteiger partial charge in [-0.2, -0.15) is 9.97 Å². The molecule has 0 spiro atoms. The maximum Gasteiger partial charge on any atom is 0.223 e. The van der Waals surface area contributed by atoms with Gasteiger partial charge in [-0.15, -0.1) is 0 Å². The Balaban J connectivity index is 2.34. The molecule has 0 aliphatic rings. The molecule has 0 aliphatic heterocycles. The number of hydrogen-bond donors (Lipinski definition) is 3. The van der Waals surface area contributed by atoms with E-state index in [9.17, 15) is 0 Å². The average molecular weight is 229 g/mol. The van der Waals surface area contributed by atoms with Gasteiger partial charge in [0, 0.05) is 11.8 Å². The molecule has 1 heterocycles. The molecule has 1 aromatic heterocycles. The van der Waals surface area contributed by atoms with Crippen LogP contribution >= 0.6 is 0 Å². The van der Waals surface area contributed by atoms with E-state index in [0.717, 1.165) is 11.3 Å². The zero-order chi connectivity index (χ0) is 12.4. The summed E-state index contributed by atoms with van der Waals surface area (Å²) in [5, 5.41) is 3.18. The molecule has 0 saturated heterocycles. The van der Waals surface area contributed by atoms with Crippen molar-refractivity contribution >= 4 is 23.3 Å². The molecule has 1 aromatic carbocycles. The van der Waals surface area contributed by atoms with E-state index in [2.05, 4.69) is 21.4 Å². The normalized spacial score (nSPS) is 10.2. The average Bonchev–Trinajstić information content (AvgIpc) is 2.22. The number of nitrogens with two attached hydrogens (primary N) is 2. The fourth-order valence-electron chi connectivity index (χ4n) is 1.56. The van der Waals surface area contributed by atoms with E-state index in [1.165, 1.54) is 5.56 Å². The summed E-state index contributed by atoms with van der Waals surface area (Å²) in [6.45, 7) is 4.06. The Labute approximate surface area is 99.9 Å². The van der Waals surface area contributed by atoms with E-state index in [1.54, 1.807) is 6.07 Å². The van der Waals surface area contributed by atoms with Gasteiger partial charge in [-0.25, -0.2) is 0 Å². The first kappa shape index (κ1) is 11.2. The van der Waals surface area contributed by atoms with Crippen molar-refractivity contribution in [1.82, 2.24) is 9.97 Å². The summed E-state index contributed by atoms with van der Waals surface area (Å²) in [5.74, 6) is 1.12. The molecule has 2 rings (SSSR count). The summed E-state index contributed by atoms with van der Waals surface area (Å²) in [5.41, 5.74) is 14.4. The van der Waals surface area contributed by atoms with Crippen molar-refractivity contribution in [1.29, 1.82) is 0 Å². The van der Waals surface area contributed by atoms with Gasteiger partial charge in [-0.05, 0) is 31.0 Å². The summed E-state index contributed by atoms with van der Waals surface area (Å²) in [7, 11) is 0. The number of nitrogens with one attached hydrogen (secondary N) is 1. The Morgan fingerprint density at radius 3 is 2.53 bits per heavy atom. The number of benzene rings is 1. The molecule has 5 nitrogen and oxygen atoms in total. The number of nitrogen functional groups attached to an aromatic ring is 2. The van der Waals surface area contributed by atoms with Crippen molar-refractivity contribution in [3.8, 4) is 0 Å². The lowest BCUT2D eigenvalue weighted by Gasteiger charge is -2.10. The molecule has 0 fully saturated rings. The lowest BCUT2D eigenvalue weighted by atomic mass is 10.1. The first-order valence-corrected chi connectivity index (χ1v) is 5.29. The van der Waals surface area contributed by atoms with Crippen LogP contribution in [0.25, 0.3) is 0 Å². The predicted molar refractivity (Wildman–Crippen MR) is 70.1 cm³/mol. The maximum absolute atomic E-state index is 5.61. The van der Waals surface area contributed by atoms with Crippen LogP contribution in [0.3, 0.4) is 0 Å². The zero-order valence-corrected chi connectivity index (χ0v) is 9.86. The monoisotopic (exact) mass is 229 g/mol. The van der Waals surface area contributed by atoms with E-state index in [4.69, 9.17) is 11.5 Å². The summed E-state index contributed by atoms with van der Waals surface area (Å²) >= 11 is 0. The lowest BCUT2D eigenvalue weighted by Crippen LogP contribution is -2.03. The van der Waals surface area contributed by atoms with Crippen molar-refractivity contribution in [3.05, 3.63) is 35.4 Å². The van der Waals surface area contributed by atoms with Gasteiger partial charge >= 0.3 is 0 Å². The highest BCUT2D eigenvalue weighted by atomic mass is 15.1. The molecule has 2 aromatic rings. The van der Waals surface area contributed by atoms with Gasteiger partial charge < -0.3 is 16.8 Å². The van der Waals surface area contributed by atoms with Crippen molar-refractivity contribution in [2.24, 2.45) is 0 Å². The third-order valence-electron chi connectivity index (χ3n) is 2.42. The SMILES string of the molecule is Cc1ccc(C)c(Nc2cc(N)nc(N)n2)c1. The Morgan fingerprint density at radius 2 is 1.82 bits per heavy atom. The second-order valence-corrected chi connectivity index (χ2v) is 3.98. The Kier molecular flexibility index (Phi) is 2.82. The molecule has 5 N–H and O–H groups in total. The molecule has 0 unspecified atom stereocenters. The van der Waals surface area contributed by atoms with Crippen LogP contribution < -0.4 is 16.8 Å². The Morgan fingerprint density at radius 1 is 1.06 bits per heavy atom. The van der Waals surface area contributed by atoms with E-state index in [-0.39, 0.29) is 5.95 Å². The highest BCUT2D eigenvalue weighted by Gasteiger charge is 2.03. The fraction of sp³-hybridized carbons (Fsp3) is 0.167. The van der Waals surface area contributed by atoms with E-state index < -0.39 is 0 Å². The van der Waals surface area contributed by atoms with Crippen LogP contribution in [0.2, 0.25) is 0 Å². The summed E-state index contributed by atoms with van der Waals surface area (Å²) in [6, 6.07) is 7.80. The lowest BCUT2D eigenvalue weighted by molar-refractivity contribution is 1.19. The highest BCUT2D eigenvalue weighted by molar-refractivity contribution is 5.63. The largest absolute Gasteiger partial charge is 0.383 e. The van der Waals surface area contributed by atoms with E-state index in [0.29, 0.717) is 11.6 Å². The van der Waals surface area contributed by atoms with Crippen molar-refractivity contribution in [3.63, 3.8) is 0 Å². The minimum atomic E-state index is 0.165. The van der Waals surface area contributed by atoms with E-state index in [1.807, 2.05) is 26.0 Å². The van der Waals surface area contributed by atoms with Gasteiger partial charge in [0.1, 0.15) is 11.6 Å². The number of aryl methyl sites for hydroxylation is 2. The van der Waals surface area contributed by atoms with Crippen LogP contribution in [-0.4, -0.2) is 9.97 Å². The molecule has 0 amide bonds. The first-order valence-electron chi connectivity index (χ1n) is 5.29. The van der Waals surface area contributed by atoms with Gasteiger partial charge in [0.2, 0.25) is 5.95 Å². The number of aromatic nitrogens is 2. The molecule has 17 heavy (non-hydrogen) atoms. The van der Waals surface area contributed by atoms with Gasteiger partial charge in [0.25, 0.3) is 0 Å². The zero-order valence-electron chi connectivity index (χ0n) is 9.86. The predicted octanol–water partition coefficient (Wildman–Crippen LogP) is 2.00. The van der Waals surface area contributed by atoms with Crippen molar-refractivity contribution < 1.29 is 0 Å². The molecule has 0 radical (unpaired) electrons. The maximum atomic E-state index is 5.61. The molecule has 5 heteroatoms. The molecular formula is C12H15N5. The van der Waals surface area contributed by atoms with Crippen molar-refractivity contribution in [2.45, 2.75) is 13.8 Å². The summed E-state index contributed by atoms with van der Waals surface area (Å²) in [6.07, 6.45) is 0. The van der Waals surface area contributed by atoms with Gasteiger partial charge in [0.15, 0.2) is 0 Å². The van der Waals surface area contributed by atoms with Crippen LogP contribution in [-0.2, 0) is 0 Å². The van der Waals surface area contributed by atoms with Gasteiger partial charge in [-0.1, -0.05) is 12.1 Å². The molecule has 0 atom stereocenters. The number of anilines is 4. The summed E-state index contributed by atoms with van der Waals surface area (Å²) < 4.78 is 0. The van der Waals surface area contributed by atoms with Crippen LogP contribution in [0.4, 0.5) is 23.3 Å². The van der Waals surface area contributed by atoms with Crippen LogP contribution in [0.5, 0.6) is 0 Å². The number of rotatable bonds is 2. The quantitative estimate of drug-likeness (QED) is 0.732. The smallest absolute Gasteiger partial charge is 0.223 e. The minimum Gasteiger partial charge on any atom is -0.383 e. The number of hydrogen-bond acceptors (Lipinski definition) is 5. The Bertz CT molecular complexity index is 530. The van der Waals surface area contributed by atoms with Crippen LogP contribution in [0, 0.1) is 13.8 Å².